The number of phenols is 1. The number of ether oxygens (including phenoxy) is 1. The molecule has 0 radical (unpaired) electrons. The van der Waals surface area contributed by atoms with Crippen LogP contribution in [0.25, 0.3) is 5.76 Å². The molecule has 3 aromatic rings. The van der Waals surface area contributed by atoms with Crippen molar-refractivity contribution >= 4 is 34.7 Å². The fourth-order valence-corrected chi connectivity index (χ4v) is 3.99. The number of phenolic OH excluding ortho intramolecular Hbond substituents is 1. The van der Waals surface area contributed by atoms with E-state index in [1.54, 1.807) is 60.7 Å². The molecule has 3 aromatic carbocycles. The molecule has 1 saturated heterocycles. The zero-order chi connectivity index (χ0) is 22.8. The van der Waals surface area contributed by atoms with Gasteiger partial charge in [-0.3, -0.25) is 14.5 Å². The quantitative estimate of drug-likeness (QED) is 0.322. The summed E-state index contributed by atoms with van der Waals surface area (Å²) in [6.07, 6.45) is 0. The van der Waals surface area contributed by atoms with Crippen molar-refractivity contribution in [2.24, 2.45) is 0 Å². The summed E-state index contributed by atoms with van der Waals surface area (Å²) in [5, 5.41) is 21.8. The highest BCUT2D eigenvalue weighted by Crippen LogP contribution is 2.45. The first kappa shape index (κ1) is 21.5. The van der Waals surface area contributed by atoms with Crippen LogP contribution in [0.1, 0.15) is 24.1 Å². The van der Waals surface area contributed by atoms with Gasteiger partial charge in [0.1, 0.15) is 17.3 Å². The molecule has 1 unspecified atom stereocenters. The Bertz CT molecular complexity index is 1220. The number of anilines is 1. The summed E-state index contributed by atoms with van der Waals surface area (Å²) in [7, 11) is 0. The van der Waals surface area contributed by atoms with E-state index < -0.39 is 23.5 Å². The van der Waals surface area contributed by atoms with Crippen LogP contribution in [-0.4, -0.2) is 28.5 Å². The SMILES string of the molecule is CCOc1ccc(Cl)c(/C(O)=C2\C(=O)C(=O)N(c3ccccc3O)C2c2ccccc2)c1. The highest BCUT2D eigenvalue weighted by molar-refractivity contribution is 6.52. The zero-order valence-corrected chi connectivity index (χ0v) is 17.9. The molecule has 2 N–H and O–H groups in total. The average Bonchev–Trinajstić information content (AvgIpc) is 3.06. The van der Waals surface area contributed by atoms with Crippen LogP contribution in [0.2, 0.25) is 5.02 Å². The second-order valence-corrected chi connectivity index (χ2v) is 7.55. The molecule has 162 valence electrons. The lowest BCUT2D eigenvalue weighted by Crippen LogP contribution is -2.29. The number of Topliss-reactive ketones (excluding diaryl/α,β-unsaturated/α-hetero) is 1. The predicted molar refractivity (Wildman–Crippen MR) is 122 cm³/mol. The van der Waals surface area contributed by atoms with Gasteiger partial charge in [0.15, 0.2) is 0 Å². The summed E-state index contributed by atoms with van der Waals surface area (Å²) < 4.78 is 5.49. The first-order valence-electron chi connectivity index (χ1n) is 10.0. The van der Waals surface area contributed by atoms with Gasteiger partial charge in [-0.1, -0.05) is 54.1 Å². The van der Waals surface area contributed by atoms with E-state index in [4.69, 9.17) is 16.3 Å². The Labute approximate surface area is 189 Å². The average molecular weight is 450 g/mol. The number of rotatable bonds is 5. The first-order chi connectivity index (χ1) is 15.4. The van der Waals surface area contributed by atoms with Crippen molar-refractivity contribution in [3.63, 3.8) is 0 Å². The van der Waals surface area contributed by atoms with Gasteiger partial charge < -0.3 is 14.9 Å². The van der Waals surface area contributed by atoms with Crippen LogP contribution in [0.15, 0.2) is 78.4 Å². The maximum absolute atomic E-state index is 13.2. The summed E-state index contributed by atoms with van der Waals surface area (Å²) in [6, 6.07) is 18.8. The molecular formula is C25H20ClNO5. The van der Waals surface area contributed by atoms with Gasteiger partial charge in [0, 0.05) is 5.56 Å². The van der Waals surface area contributed by atoms with Crippen molar-refractivity contribution < 1.29 is 24.5 Å². The summed E-state index contributed by atoms with van der Waals surface area (Å²) in [5.41, 5.74) is 0.805. The standard InChI is InChI=1S/C25H20ClNO5/c1-2-32-16-12-13-18(26)17(14-16)23(29)21-22(15-8-4-3-5-9-15)27(25(31)24(21)30)19-10-6-7-11-20(19)28/h3-14,22,28-29H,2H2,1H3/b23-21+. The molecule has 1 amide bonds. The molecule has 0 bridgehead atoms. The Morgan fingerprint density at radius 3 is 2.41 bits per heavy atom. The number of aliphatic hydroxyl groups is 1. The molecule has 0 aromatic heterocycles. The molecular weight excluding hydrogens is 430 g/mol. The van der Waals surface area contributed by atoms with Gasteiger partial charge in [0.25, 0.3) is 11.7 Å². The van der Waals surface area contributed by atoms with Crippen LogP contribution < -0.4 is 9.64 Å². The van der Waals surface area contributed by atoms with Crippen molar-refractivity contribution in [1.82, 2.24) is 0 Å². The van der Waals surface area contributed by atoms with Crippen molar-refractivity contribution in [3.05, 3.63) is 94.5 Å². The van der Waals surface area contributed by atoms with E-state index in [9.17, 15) is 19.8 Å². The molecule has 4 rings (SSSR count). The Balaban J connectivity index is 1.96. The minimum absolute atomic E-state index is 0.125. The lowest BCUT2D eigenvalue weighted by atomic mass is 9.95. The van der Waals surface area contributed by atoms with E-state index in [0.29, 0.717) is 17.9 Å². The van der Waals surface area contributed by atoms with E-state index in [2.05, 4.69) is 0 Å². The number of benzene rings is 3. The molecule has 32 heavy (non-hydrogen) atoms. The van der Waals surface area contributed by atoms with Gasteiger partial charge in [-0.2, -0.15) is 0 Å². The molecule has 0 saturated carbocycles. The number of nitrogens with zero attached hydrogens (tertiary/aromatic N) is 1. The van der Waals surface area contributed by atoms with Gasteiger partial charge in [0.05, 0.1) is 28.9 Å². The maximum Gasteiger partial charge on any atom is 0.300 e. The zero-order valence-electron chi connectivity index (χ0n) is 17.2. The molecule has 7 heteroatoms. The fourth-order valence-electron chi connectivity index (χ4n) is 3.79. The second kappa shape index (κ2) is 8.77. The summed E-state index contributed by atoms with van der Waals surface area (Å²) in [5.74, 6) is -1.85. The molecule has 1 atom stereocenters. The summed E-state index contributed by atoms with van der Waals surface area (Å²) in [4.78, 5) is 27.5. The van der Waals surface area contributed by atoms with Crippen molar-refractivity contribution in [3.8, 4) is 11.5 Å². The molecule has 1 aliphatic rings. The number of carbonyl (C=O) groups is 2. The fraction of sp³-hybridized carbons (Fsp3) is 0.120. The van der Waals surface area contributed by atoms with Crippen molar-refractivity contribution in [1.29, 1.82) is 0 Å². The lowest BCUT2D eigenvalue weighted by Gasteiger charge is -2.26. The van der Waals surface area contributed by atoms with Crippen LogP contribution in [-0.2, 0) is 9.59 Å². The molecule has 0 aliphatic carbocycles. The monoisotopic (exact) mass is 449 g/mol. The number of para-hydroxylation sites is 2. The molecule has 1 fully saturated rings. The van der Waals surface area contributed by atoms with Crippen LogP contribution >= 0.6 is 11.6 Å². The normalized spacial score (nSPS) is 17.6. The van der Waals surface area contributed by atoms with E-state index in [1.807, 2.05) is 6.92 Å². The second-order valence-electron chi connectivity index (χ2n) is 7.14. The van der Waals surface area contributed by atoms with Crippen molar-refractivity contribution in [2.75, 3.05) is 11.5 Å². The first-order valence-corrected chi connectivity index (χ1v) is 10.4. The Morgan fingerprint density at radius 2 is 1.72 bits per heavy atom. The highest BCUT2D eigenvalue weighted by Gasteiger charge is 2.47. The number of carbonyl (C=O) groups excluding carboxylic acids is 2. The molecule has 1 heterocycles. The van der Waals surface area contributed by atoms with E-state index in [0.717, 1.165) is 0 Å². The number of aromatic hydroxyl groups is 1. The Morgan fingerprint density at radius 1 is 1.03 bits per heavy atom. The van der Waals surface area contributed by atoms with Crippen LogP contribution in [0.5, 0.6) is 11.5 Å². The highest BCUT2D eigenvalue weighted by atomic mass is 35.5. The largest absolute Gasteiger partial charge is 0.507 e. The van der Waals surface area contributed by atoms with Gasteiger partial charge in [0.2, 0.25) is 0 Å². The van der Waals surface area contributed by atoms with Gasteiger partial charge in [-0.15, -0.1) is 0 Å². The minimum atomic E-state index is -0.962. The number of halogens is 1. The molecule has 1 aliphatic heterocycles. The molecule has 0 spiro atoms. The number of hydrogen-bond donors (Lipinski definition) is 2. The van der Waals surface area contributed by atoms with Gasteiger partial charge in [-0.25, -0.2) is 0 Å². The molecule has 6 nitrogen and oxygen atoms in total. The Hall–Kier alpha value is -3.77. The Kier molecular flexibility index (Phi) is 5.88. The van der Waals surface area contributed by atoms with Crippen molar-refractivity contribution in [2.45, 2.75) is 13.0 Å². The number of ketones is 1. The van der Waals surface area contributed by atoms with Crippen LogP contribution in [0, 0.1) is 0 Å². The summed E-state index contributed by atoms with van der Waals surface area (Å²) in [6.45, 7) is 2.23. The van der Waals surface area contributed by atoms with Gasteiger partial charge in [-0.05, 0) is 42.8 Å². The topological polar surface area (TPSA) is 87.1 Å². The van der Waals surface area contributed by atoms with Crippen LogP contribution in [0.3, 0.4) is 0 Å². The number of amides is 1. The van der Waals surface area contributed by atoms with E-state index in [-0.39, 0.29) is 27.6 Å². The smallest absolute Gasteiger partial charge is 0.300 e. The predicted octanol–water partition coefficient (Wildman–Crippen LogP) is 5.07. The maximum atomic E-state index is 13.2. The summed E-state index contributed by atoms with van der Waals surface area (Å²) >= 11 is 6.33. The third-order valence-corrected chi connectivity index (χ3v) is 5.53. The third-order valence-electron chi connectivity index (χ3n) is 5.20. The van der Waals surface area contributed by atoms with E-state index in [1.165, 1.54) is 17.0 Å². The number of aliphatic hydroxyl groups excluding tert-OH is 1. The van der Waals surface area contributed by atoms with Gasteiger partial charge >= 0.3 is 0 Å². The lowest BCUT2D eigenvalue weighted by molar-refractivity contribution is -0.132. The number of hydrogen-bond acceptors (Lipinski definition) is 5. The van der Waals surface area contributed by atoms with E-state index >= 15 is 0 Å². The minimum Gasteiger partial charge on any atom is -0.507 e. The third kappa shape index (κ3) is 3.69. The van der Waals surface area contributed by atoms with Crippen LogP contribution in [0.4, 0.5) is 5.69 Å².